The van der Waals surface area contributed by atoms with Crippen LogP contribution in [0, 0.1) is 6.92 Å². The summed E-state index contributed by atoms with van der Waals surface area (Å²) in [6, 6.07) is 7.12. The zero-order chi connectivity index (χ0) is 14.8. The highest BCUT2D eigenvalue weighted by Gasteiger charge is 2.31. The minimum atomic E-state index is 0.0351. The molecule has 0 bridgehead atoms. The van der Waals surface area contributed by atoms with E-state index in [-0.39, 0.29) is 5.60 Å². The smallest absolute Gasteiger partial charge is 0.0671 e. The SMILES string of the molecule is CCC1(C)CC(Nc2ccc(N(C)C)cc2C)CCO1. The van der Waals surface area contributed by atoms with Gasteiger partial charge in [-0.2, -0.15) is 0 Å². The molecule has 1 aliphatic rings. The molecule has 1 aromatic carbocycles. The maximum absolute atomic E-state index is 5.92. The van der Waals surface area contributed by atoms with Crippen LogP contribution in [0.3, 0.4) is 0 Å². The largest absolute Gasteiger partial charge is 0.382 e. The van der Waals surface area contributed by atoms with Crippen molar-refractivity contribution >= 4 is 11.4 Å². The number of anilines is 2. The van der Waals surface area contributed by atoms with Crippen LogP contribution in [0.1, 0.15) is 38.7 Å². The van der Waals surface area contributed by atoms with E-state index in [0.29, 0.717) is 6.04 Å². The number of nitrogens with one attached hydrogen (secondary N) is 1. The molecule has 0 radical (unpaired) electrons. The summed E-state index contributed by atoms with van der Waals surface area (Å²) >= 11 is 0. The third-order valence-corrected chi connectivity index (χ3v) is 4.43. The predicted molar refractivity (Wildman–Crippen MR) is 86.8 cm³/mol. The number of benzene rings is 1. The Kier molecular flexibility index (Phi) is 4.59. The molecule has 0 aromatic heterocycles. The minimum Gasteiger partial charge on any atom is -0.382 e. The molecule has 1 aromatic rings. The van der Waals surface area contributed by atoms with Gasteiger partial charge in [-0.05, 0) is 56.9 Å². The number of hydrogen-bond donors (Lipinski definition) is 1. The van der Waals surface area contributed by atoms with Crippen molar-refractivity contribution < 1.29 is 4.74 Å². The van der Waals surface area contributed by atoms with Gasteiger partial charge in [0.1, 0.15) is 0 Å². The second-order valence-electron chi connectivity index (χ2n) is 6.38. The summed E-state index contributed by atoms with van der Waals surface area (Å²) in [6.45, 7) is 7.47. The average molecular weight is 276 g/mol. The highest BCUT2D eigenvalue weighted by Crippen LogP contribution is 2.30. The van der Waals surface area contributed by atoms with E-state index in [2.05, 4.69) is 63.3 Å². The summed E-state index contributed by atoms with van der Waals surface area (Å²) in [5.41, 5.74) is 3.84. The van der Waals surface area contributed by atoms with Crippen molar-refractivity contribution in [3.05, 3.63) is 23.8 Å². The van der Waals surface area contributed by atoms with Gasteiger partial charge < -0.3 is 15.0 Å². The summed E-state index contributed by atoms with van der Waals surface area (Å²) in [6.07, 6.45) is 3.24. The van der Waals surface area contributed by atoms with E-state index in [1.54, 1.807) is 0 Å². The summed E-state index contributed by atoms with van der Waals surface area (Å²) in [7, 11) is 4.15. The van der Waals surface area contributed by atoms with Crippen LogP contribution in [0.5, 0.6) is 0 Å². The number of ether oxygens (including phenoxy) is 1. The Morgan fingerprint density at radius 2 is 2.15 bits per heavy atom. The van der Waals surface area contributed by atoms with Gasteiger partial charge in [0.25, 0.3) is 0 Å². The Morgan fingerprint density at radius 1 is 1.40 bits per heavy atom. The maximum atomic E-state index is 5.92. The van der Waals surface area contributed by atoms with Crippen LogP contribution >= 0.6 is 0 Å². The Balaban J connectivity index is 2.06. The molecule has 0 spiro atoms. The highest BCUT2D eigenvalue weighted by molar-refractivity contribution is 5.60. The number of rotatable bonds is 4. The van der Waals surface area contributed by atoms with E-state index >= 15 is 0 Å². The van der Waals surface area contributed by atoms with E-state index in [0.717, 1.165) is 25.9 Å². The molecule has 0 amide bonds. The first-order valence-corrected chi connectivity index (χ1v) is 7.62. The van der Waals surface area contributed by atoms with Gasteiger partial charge in [0.2, 0.25) is 0 Å². The minimum absolute atomic E-state index is 0.0351. The van der Waals surface area contributed by atoms with Crippen LogP contribution in [-0.2, 0) is 4.74 Å². The van der Waals surface area contributed by atoms with E-state index < -0.39 is 0 Å². The first kappa shape index (κ1) is 15.2. The molecule has 0 aliphatic carbocycles. The third-order valence-electron chi connectivity index (χ3n) is 4.43. The fraction of sp³-hybridized carbons (Fsp3) is 0.647. The van der Waals surface area contributed by atoms with Gasteiger partial charge in [-0.25, -0.2) is 0 Å². The fourth-order valence-electron chi connectivity index (χ4n) is 2.81. The van der Waals surface area contributed by atoms with E-state index in [1.807, 2.05) is 0 Å². The average Bonchev–Trinajstić information content (AvgIpc) is 2.41. The van der Waals surface area contributed by atoms with Crippen LogP contribution in [0.4, 0.5) is 11.4 Å². The molecule has 1 fully saturated rings. The van der Waals surface area contributed by atoms with Crippen molar-refractivity contribution in [1.29, 1.82) is 0 Å². The molecule has 3 nitrogen and oxygen atoms in total. The maximum Gasteiger partial charge on any atom is 0.0671 e. The Bertz CT molecular complexity index is 458. The van der Waals surface area contributed by atoms with E-state index in [1.165, 1.54) is 16.9 Å². The number of nitrogens with zero attached hydrogens (tertiary/aromatic N) is 1. The molecule has 1 saturated heterocycles. The fourth-order valence-corrected chi connectivity index (χ4v) is 2.81. The van der Waals surface area contributed by atoms with Gasteiger partial charge in [0, 0.05) is 38.1 Å². The van der Waals surface area contributed by atoms with Crippen LogP contribution in [0.2, 0.25) is 0 Å². The van der Waals surface area contributed by atoms with Crippen molar-refractivity contribution in [2.75, 3.05) is 30.9 Å². The predicted octanol–water partition coefficient (Wildman–Crippen LogP) is 3.82. The lowest BCUT2D eigenvalue weighted by atomic mass is 9.89. The van der Waals surface area contributed by atoms with Gasteiger partial charge in [-0.3, -0.25) is 0 Å². The zero-order valence-electron chi connectivity index (χ0n) is 13.5. The quantitative estimate of drug-likeness (QED) is 0.904. The Morgan fingerprint density at radius 3 is 2.75 bits per heavy atom. The van der Waals surface area contributed by atoms with E-state index in [9.17, 15) is 0 Å². The van der Waals surface area contributed by atoms with Crippen LogP contribution in [-0.4, -0.2) is 32.3 Å². The molecule has 1 N–H and O–H groups in total. The molecule has 3 heteroatoms. The van der Waals surface area contributed by atoms with Crippen molar-refractivity contribution in [3.8, 4) is 0 Å². The lowest BCUT2D eigenvalue weighted by molar-refractivity contribution is -0.0708. The highest BCUT2D eigenvalue weighted by atomic mass is 16.5. The molecule has 2 atom stereocenters. The molecule has 1 aliphatic heterocycles. The molecule has 2 rings (SSSR count). The summed E-state index contributed by atoms with van der Waals surface area (Å²) < 4.78 is 5.92. The van der Waals surface area contributed by atoms with Gasteiger partial charge in [-0.15, -0.1) is 0 Å². The molecule has 20 heavy (non-hydrogen) atoms. The van der Waals surface area contributed by atoms with Crippen LogP contribution in [0.25, 0.3) is 0 Å². The summed E-state index contributed by atoms with van der Waals surface area (Å²) in [4.78, 5) is 2.14. The lowest BCUT2D eigenvalue weighted by Crippen LogP contribution is -2.41. The van der Waals surface area contributed by atoms with Gasteiger partial charge in [-0.1, -0.05) is 6.92 Å². The topological polar surface area (TPSA) is 24.5 Å². The lowest BCUT2D eigenvalue weighted by Gasteiger charge is -2.38. The normalized spacial score (nSPS) is 26.4. The molecule has 2 unspecified atom stereocenters. The summed E-state index contributed by atoms with van der Waals surface area (Å²) in [5, 5.41) is 3.71. The second kappa shape index (κ2) is 6.04. The Labute approximate surface area is 123 Å². The van der Waals surface area contributed by atoms with Crippen molar-refractivity contribution in [2.24, 2.45) is 0 Å². The van der Waals surface area contributed by atoms with Gasteiger partial charge >= 0.3 is 0 Å². The van der Waals surface area contributed by atoms with Crippen molar-refractivity contribution in [3.63, 3.8) is 0 Å². The van der Waals surface area contributed by atoms with Crippen molar-refractivity contribution in [1.82, 2.24) is 0 Å². The molecular formula is C17H28N2O. The second-order valence-corrected chi connectivity index (χ2v) is 6.38. The molecule has 1 heterocycles. The standard InChI is InChI=1S/C17H28N2O/c1-6-17(3)12-14(9-10-20-17)18-16-8-7-15(19(4)5)11-13(16)2/h7-8,11,14,18H,6,9-10,12H2,1-5H3. The zero-order valence-corrected chi connectivity index (χ0v) is 13.5. The summed E-state index contributed by atoms with van der Waals surface area (Å²) in [5.74, 6) is 0. The molecule has 0 saturated carbocycles. The number of hydrogen-bond acceptors (Lipinski definition) is 3. The first-order valence-electron chi connectivity index (χ1n) is 7.62. The Hall–Kier alpha value is -1.22. The molecule has 112 valence electrons. The van der Waals surface area contributed by atoms with Crippen molar-refractivity contribution in [2.45, 2.75) is 51.7 Å². The first-order chi connectivity index (χ1) is 9.43. The van der Waals surface area contributed by atoms with E-state index in [4.69, 9.17) is 4.74 Å². The van der Waals surface area contributed by atoms with Crippen LogP contribution in [0.15, 0.2) is 18.2 Å². The van der Waals surface area contributed by atoms with Crippen LogP contribution < -0.4 is 10.2 Å². The number of aryl methyl sites for hydroxylation is 1. The third kappa shape index (κ3) is 3.45. The monoisotopic (exact) mass is 276 g/mol. The van der Waals surface area contributed by atoms with Gasteiger partial charge in [0.05, 0.1) is 5.60 Å². The van der Waals surface area contributed by atoms with Gasteiger partial charge in [0.15, 0.2) is 0 Å². The molecular weight excluding hydrogens is 248 g/mol.